The lowest BCUT2D eigenvalue weighted by molar-refractivity contribution is 0.0949. The molecular formula is C25H27N3O3. The number of carbonyl (C=O) groups excluding carboxylic acids is 1. The van der Waals surface area contributed by atoms with Crippen molar-refractivity contribution in [2.45, 2.75) is 19.5 Å². The van der Waals surface area contributed by atoms with Gasteiger partial charge < -0.3 is 20.1 Å². The van der Waals surface area contributed by atoms with Gasteiger partial charge in [0.2, 0.25) is 0 Å². The summed E-state index contributed by atoms with van der Waals surface area (Å²) in [6, 6.07) is 17.9. The molecule has 1 amide bonds. The van der Waals surface area contributed by atoms with Crippen LogP contribution in [0.5, 0.6) is 5.75 Å². The van der Waals surface area contributed by atoms with E-state index in [1.165, 1.54) is 11.1 Å². The first kappa shape index (κ1) is 21.0. The Morgan fingerprint density at radius 2 is 1.87 bits per heavy atom. The molecule has 0 spiro atoms. The average Bonchev–Trinajstić information content (AvgIpc) is 2.80. The van der Waals surface area contributed by atoms with Crippen LogP contribution in [0.15, 0.2) is 67.0 Å². The smallest absolute Gasteiger partial charge is 0.251 e. The quantitative estimate of drug-likeness (QED) is 0.685. The number of fused-ring (bicyclic) bond motifs is 3. The minimum atomic E-state index is -0.111. The third-order valence-corrected chi connectivity index (χ3v) is 5.15. The molecule has 2 N–H and O–H groups in total. The lowest BCUT2D eigenvalue weighted by Gasteiger charge is -2.15. The summed E-state index contributed by atoms with van der Waals surface area (Å²) in [6.07, 6.45) is 4.13. The minimum Gasteiger partial charge on any atom is -0.491 e. The molecule has 0 saturated heterocycles. The summed E-state index contributed by atoms with van der Waals surface area (Å²) in [5.41, 5.74) is 5.02. The van der Waals surface area contributed by atoms with E-state index in [4.69, 9.17) is 9.47 Å². The molecule has 3 aromatic rings. The number of carbonyl (C=O) groups is 1. The largest absolute Gasteiger partial charge is 0.491 e. The van der Waals surface area contributed by atoms with Crippen LogP contribution in [0.4, 0.5) is 0 Å². The van der Waals surface area contributed by atoms with Crippen LogP contribution in [0, 0.1) is 0 Å². The first-order valence-electron chi connectivity index (χ1n) is 10.6. The van der Waals surface area contributed by atoms with Crippen LogP contribution in [-0.4, -0.2) is 37.3 Å². The van der Waals surface area contributed by atoms with Gasteiger partial charge in [-0.25, -0.2) is 0 Å². The maximum absolute atomic E-state index is 12.7. The molecule has 1 aliphatic heterocycles. The second-order valence-electron chi connectivity index (χ2n) is 7.49. The van der Waals surface area contributed by atoms with Crippen molar-refractivity contribution in [1.82, 2.24) is 15.6 Å². The van der Waals surface area contributed by atoms with Crippen LogP contribution in [0.2, 0.25) is 0 Å². The van der Waals surface area contributed by atoms with Crippen LogP contribution in [0.1, 0.15) is 32.6 Å². The molecule has 31 heavy (non-hydrogen) atoms. The SMILES string of the molecule is O=C(NCc1ccncc1)c1ccc2c(c1)Cc1cccc(c1)CNCCOCCO2. The number of pyridine rings is 1. The zero-order valence-corrected chi connectivity index (χ0v) is 17.5. The van der Waals surface area contributed by atoms with E-state index < -0.39 is 0 Å². The van der Waals surface area contributed by atoms with Crippen molar-refractivity contribution >= 4 is 5.91 Å². The van der Waals surface area contributed by atoms with Crippen molar-refractivity contribution in [3.05, 3.63) is 94.8 Å². The number of amides is 1. The molecule has 0 fully saturated rings. The zero-order valence-electron chi connectivity index (χ0n) is 17.5. The topological polar surface area (TPSA) is 72.5 Å². The number of benzene rings is 2. The maximum Gasteiger partial charge on any atom is 0.251 e. The lowest BCUT2D eigenvalue weighted by atomic mass is 9.99. The Labute approximate surface area is 182 Å². The molecule has 0 atom stereocenters. The van der Waals surface area contributed by atoms with E-state index in [9.17, 15) is 4.79 Å². The lowest BCUT2D eigenvalue weighted by Crippen LogP contribution is -2.23. The zero-order chi connectivity index (χ0) is 21.3. The van der Waals surface area contributed by atoms with Gasteiger partial charge in [-0.2, -0.15) is 0 Å². The normalized spacial score (nSPS) is 14.6. The molecule has 6 nitrogen and oxygen atoms in total. The first-order valence-corrected chi connectivity index (χ1v) is 10.6. The molecule has 2 heterocycles. The number of hydrogen-bond donors (Lipinski definition) is 2. The summed E-state index contributed by atoms with van der Waals surface area (Å²) in [6.45, 7) is 3.71. The average molecular weight is 418 g/mol. The number of nitrogens with one attached hydrogen (secondary N) is 2. The van der Waals surface area contributed by atoms with Crippen molar-refractivity contribution in [1.29, 1.82) is 0 Å². The predicted octanol–water partition coefficient (Wildman–Crippen LogP) is 3.10. The van der Waals surface area contributed by atoms with E-state index in [1.54, 1.807) is 12.4 Å². The number of aromatic nitrogens is 1. The van der Waals surface area contributed by atoms with Gasteiger partial charge in [0.15, 0.2) is 0 Å². The molecule has 2 aromatic carbocycles. The van der Waals surface area contributed by atoms with Gasteiger partial charge in [0.1, 0.15) is 12.4 Å². The summed E-state index contributed by atoms with van der Waals surface area (Å²) >= 11 is 0. The maximum atomic E-state index is 12.7. The van der Waals surface area contributed by atoms with E-state index in [1.807, 2.05) is 30.3 Å². The second kappa shape index (κ2) is 10.7. The monoisotopic (exact) mass is 417 g/mol. The Hall–Kier alpha value is -3.22. The Bertz CT molecular complexity index is 1010. The standard InChI is InChI=1S/C25H27N3O3/c29-25(28-18-19-6-8-26-9-7-19)22-4-5-24-23(16-22)15-20-2-1-3-21(14-20)17-27-10-11-30-12-13-31-24/h1-9,14,16,27H,10-13,15,17-18H2,(H,28,29). The Morgan fingerprint density at radius 1 is 1.00 bits per heavy atom. The Morgan fingerprint density at radius 3 is 2.77 bits per heavy atom. The summed E-state index contributed by atoms with van der Waals surface area (Å²) in [4.78, 5) is 16.7. The van der Waals surface area contributed by atoms with Gasteiger partial charge in [-0.15, -0.1) is 0 Å². The van der Waals surface area contributed by atoms with Gasteiger partial charge in [-0.3, -0.25) is 9.78 Å². The number of ether oxygens (including phenoxy) is 2. The predicted molar refractivity (Wildman–Crippen MR) is 119 cm³/mol. The van der Waals surface area contributed by atoms with Crippen LogP contribution in [0.3, 0.4) is 0 Å². The number of rotatable bonds is 3. The van der Waals surface area contributed by atoms with E-state index in [2.05, 4.69) is 39.9 Å². The first-order chi connectivity index (χ1) is 15.3. The van der Waals surface area contributed by atoms with Gasteiger partial charge in [0.25, 0.3) is 5.91 Å². The van der Waals surface area contributed by atoms with Gasteiger partial charge in [-0.1, -0.05) is 24.3 Å². The van der Waals surface area contributed by atoms with Gasteiger partial charge >= 0.3 is 0 Å². The van der Waals surface area contributed by atoms with Crippen LogP contribution < -0.4 is 15.4 Å². The fraction of sp³-hybridized carbons (Fsp3) is 0.280. The molecule has 0 unspecified atom stereocenters. The van der Waals surface area contributed by atoms with Crippen molar-refractivity contribution in [2.75, 3.05) is 26.4 Å². The molecule has 1 aliphatic rings. The molecule has 160 valence electrons. The van der Waals surface area contributed by atoms with E-state index >= 15 is 0 Å². The molecule has 4 rings (SSSR count). The molecular weight excluding hydrogens is 390 g/mol. The highest BCUT2D eigenvalue weighted by Gasteiger charge is 2.12. The Balaban J connectivity index is 1.54. The minimum absolute atomic E-state index is 0.111. The van der Waals surface area contributed by atoms with Crippen molar-refractivity contribution in [2.24, 2.45) is 0 Å². The van der Waals surface area contributed by atoms with Crippen molar-refractivity contribution < 1.29 is 14.3 Å². The molecule has 0 aliphatic carbocycles. The highest BCUT2D eigenvalue weighted by Crippen LogP contribution is 2.24. The van der Waals surface area contributed by atoms with E-state index in [0.717, 1.165) is 30.0 Å². The third-order valence-electron chi connectivity index (χ3n) is 5.15. The fourth-order valence-corrected chi connectivity index (χ4v) is 3.54. The highest BCUT2D eigenvalue weighted by molar-refractivity contribution is 5.94. The van der Waals surface area contributed by atoms with E-state index in [-0.39, 0.29) is 5.91 Å². The summed E-state index contributed by atoms with van der Waals surface area (Å²) in [7, 11) is 0. The molecule has 0 radical (unpaired) electrons. The van der Waals surface area contributed by atoms with Gasteiger partial charge in [0, 0.05) is 44.0 Å². The Kier molecular flexibility index (Phi) is 7.26. The molecule has 0 saturated carbocycles. The van der Waals surface area contributed by atoms with E-state index in [0.29, 0.717) is 38.3 Å². The van der Waals surface area contributed by atoms with Crippen molar-refractivity contribution in [3.63, 3.8) is 0 Å². The summed E-state index contributed by atoms with van der Waals surface area (Å²) in [5, 5.41) is 6.37. The molecule has 2 bridgehead atoms. The van der Waals surface area contributed by atoms with Gasteiger partial charge in [-0.05, 0) is 52.6 Å². The molecule has 6 heteroatoms. The molecule has 1 aromatic heterocycles. The summed E-state index contributed by atoms with van der Waals surface area (Å²) in [5.74, 6) is 0.676. The third kappa shape index (κ3) is 6.13. The van der Waals surface area contributed by atoms with Gasteiger partial charge in [0.05, 0.1) is 13.2 Å². The number of nitrogens with zero attached hydrogens (tertiary/aromatic N) is 1. The fourth-order valence-electron chi connectivity index (χ4n) is 3.54. The highest BCUT2D eigenvalue weighted by atomic mass is 16.5. The van der Waals surface area contributed by atoms with Crippen LogP contribution in [0.25, 0.3) is 0 Å². The van der Waals surface area contributed by atoms with Crippen LogP contribution >= 0.6 is 0 Å². The summed E-state index contributed by atoms with van der Waals surface area (Å²) < 4.78 is 11.6. The second-order valence-corrected chi connectivity index (χ2v) is 7.49. The van der Waals surface area contributed by atoms with Crippen molar-refractivity contribution in [3.8, 4) is 5.75 Å². The number of hydrogen-bond acceptors (Lipinski definition) is 5. The van der Waals surface area contributed by atoms with Crippen LogP contribution in [-0.2, 0) is 24.2 Å².